The molecule has 1 atom stereocenters. The maximum absolute atomic E-state index is 13.8. The van der Waals surface area contributed by atoms with Crippen molar-refractivity contribution in [1.29, 1.82) is 0 Å². The van der Waals surface area contributed by atoms with E-state index in [2.05, 4.69) is 17.2 Å². The van der Waals surface area contributed by atoms with Crippen LogP contribution in [0.5, 0.6) is 11.5 Å². The van der Waals surface area contributed by atoms with Crippen molar-refractivity contribution < 1.29 is 28.5 Å². The van der Waals surface area contributed by atoms with Crippen molar-refractivity contribution in [2.75, 3.05) is 57.8 Å². The average molecular weight is 731 g/mol. The zero-order chi connectivity index (χ0) is 37.4. The van der Waals surface area contributed by atoms with Gasteiger partial charge in [0.05, 0.1) is 26.9 Å². The maximum atomic E-state index is 13.8. The summed E-state index contributed by atoms with van der Waals surface area (Å²) in [6.45, 7) is 6.23. The van der Waals surface area contributed by atoms with Crippen LogP contribution in [0.25, 0.3) is 33.4 Å². The quantitative estimate of drug-likeness (QED) is 0.141. The minimum Gasteiger partial charge on any atom is -0.493 e. The minimum atomic E-state index is -0.468. The summed E-state index contributed by atoms with van der Waals surface area (Å²) in [4.78, 5) is 32.1. The largest absolute Gasteiger partial charge is 0.493 e. The number of nitrogens with zero attached hydrogens (tertiary/aromatic N) is 2. The van der Waals surface area contributed by atoms with Crippen LogP contribution in [-0.4, -0.2) is 68.3 Å². The van der Waals surface area contributed by atoms with Gasteiger partial charge >= 0.3 is 0 Å². The molecule has 0 unspecified atom stereocenters. The predicted molar refractivity (Wildman–Crippen MR) is 209 cm³/mol. The number of nitrogen functional groups attached to an aromatic ring is 1. The molecule has 0 saturated carbocycles. The number of aromatic nitrogens is 2. The summed E-state index contributed by atoms with van der Waals surface area (Å²) in [6.07, 6.45) is 7.91. The van der Waals surface area contributed by atoms with Crippen molar-refractivity contribution in [3.63, 3.8) is 0 Å². The smallest absolute Gasteiger partial charge is 0.261 e. The zero-order valence-corrected chi connectivity index (χ0v) is 30.7. The number of hydrogen-bond acceptors (Lipinski definition) is 9. The van der Waals surface area contributed by atoms with Gasteiger partial charge in [-0.15, -0.1) is 0 Å². The highest BCUT2D eigenvalue weighted by Crippen LogP contribution is 2.35. The lowest BCUT2D eigenvalue weighted by atomic mass is 9.99. The van der Waals surface area contributed by atoms with E-state index >= 15 is 0 Å². The van der Waals surface area contributed by atoms with Gasteiger partial charge < -0.3 is 39.3 Å². The molecule has 1 amide bonds. The van der Waals surface area contributed by atoms with E-state index in [4.69, 9.17) is 29.4 Å². The first-order chi connectivity index (χ1) is 26.4. The predicted octanol–water partition coefficient (Wildman–Crippen LogP) is 6.87. The Hall–Kier alpha value is -5.49. The number of hydrogen-bond donors (Lipinski definition) is 2. The summed E-state index contributed by atoms with van der Waals surface area (Å²) in [7, 11) is 1.60. The van der Waals surface area contributed by atoms with Gasteiger partial charge in [0, 0.05) is 60.7 Å². The number of nitrogens with one attached hydrogen (secondary N) is 1. The van der Waals surface area contributed by atoms with Crippen molar-refractivity contribution in [1.82, 2.24) is 9.55 Å². The molecule has 0 radical (unpaired) electrons. The number of nitrogens with two attached hydrogens (primary N) is 1. The average Bonchev–Trinajstić information content (AvgIpc) is 3.22. The van der Waals surface area contributed by atoms with Crippen molar-refractivity contribution in [2.24, 2.45) is 5.92 Å². The topological polar surface area (TPSA) is 136 Å². The maximum Gasteiger partial charge on any atom is 0.261 e. The number of ether oxygens (including phenoxy) is 5. The van der Waals surface area contributed by atoms with Gasteiger partial charge in [-0.3, -0.25) is 9.59 Å². The first-order valence-corrected chi connectivity index (χ1v) is 18.5. The Kier molecular flexibility index (Phi) is 11.7. The van der Waals surface area contributed by atoms with E-state index < -0.39 is 5.91 Å². The first kappa shape index (κ1) is 36.9. The second-order valence-electron chi connectivity index (χ2n) is 13.7. The zero-order valence-electron chi connectivity index (χ0n) is 30.7. The van der Waals surface area contributed by atoms with Crippen LogP contribution in [-0.2, 0) is 27.2 Å². The van der Waals surface area contributed by atoms with Gasteiger partial charge in [-0.05, 0) is 77.8 Å². The van der Waals surface area contributed by atoms with Gasteiger partial charge in [-0.1, -0.05) is 49.4 Å². The molecule has 2 aromatic heterocycles. The number of amides is 1. The molecule has 2 aliphatic rings. The molecule has 2 saturated heterocycles. The molecule has 0 aliphatic carbocycles. The monoisotopic (exact) mass is 730 g/mol. The molecule has 2 aliphatic heterocycles. The SMILES string of the molecule is CCc1ccc(-c2cn(CC3CCOCC3)cc(C(=O)Nc3ccc(-c4cc(-c5ccc(OC[C@H]6COCCO6)c(OC)c5)cnc4N)cc3)c2=O)cc1. The van der Waals surface area contributed by atoms with Gasteiger partial charge in [0.2, 0.25) is 5.43 Å². The van der Waals surface area contributed by atoms with E-state index in [1.54, 1.807) is 31.6 Å². The fraction of sp³-hybridized carbons (Fsp3) is 0.326. The fourth-order valence-corrected chi connectivity index (χ4v) is 6.83. The van der Waals surface area contributed by atoms with Crippen LogP contribution >= 0.6 is 0 Å². The fourth-order valence-electron chi connectivity index (χ4n) is 6.83. The summed E-state index contributed by atoms with van der Waals surface area (Å²) in [6, 6.07) is 23.0. The molecule has 54 heavy (non-hydrogen) atoms. The molecule has 5 aromatic rings. The number of pyridine rings is 2. The van der Waals surface area contributed by atoms with Gasteiger partial charge in [0.1, 0.15) is 24.1 Å². The normalized spacial score (nSPS) is 16.1. The first-order valence-electron chi connectivity index (χ1n) is 18.5. The van der Waals surface area contributed by atoms with Crippen LogP contribution in [0.15, 0.2) is 96.2 Å². The van der Waals surface area contributed by atoms with Crippen molar-refractivity contribution in [3.05, 3.63) is 113 Å². The molecule has 280 valence electrons. The number of benzene rings is 3. The molecule has 4 heterocycles. The molecule has 3 N–H and O–H groups in total. The lowest BCUT2D eigenvalue weighted by Gasteiger charge is -2.23. The van der Waals surface area contributed by atoms with Crippen LogP contribution in [0.3, 0.4) is 0 Å². The van der Waals surface area contributed by atoms with Crippen molar-refractivity contribution in [2.45, 2.75) is 38.8 Å². The second-order valence-corrected chi connectivity index (χ2v) is 13.7. The molecule has 3 aromatic carbocycles. The highest BCUT2D eigenvalue weighted by Gasteiger charge is 2.21. The van der Waals surface area contributed by atoms with Crippen LogP contribution < -0.4 is 26.0 Å². The summed E-state index contributed by atoms with van der Waals surface area (Å²) in [5, 5.41) is 2.95. The Bertz CT molecular complexity index is 2120. The second kappa shape index (κ2) is 17.1. The number of carbonyl (C=O) groups excluding carboxylic acids is 1. The lowest BCUT2D eigenvalue weighted by Crippen LogP contribution is -2.33. The summed E-state index contributed by atoms with van der Waals surface area (Å²) in [5.74, 6) is 1.49. The third kappa shape index (κ3) is 8.65. The van der Waals surface area contributed by atoms with Crippen LogP contribution in [0.4, 0.5) is 11.5 Å². The number of methoxy groups -OCH3 is 1. The van der Waals surface area contributed by atoms with E-state index in [1.807, 2.05) is 71.4 Å². The van der Waals surface area contributed by atoms with Gasteiger partial charge in [0.15, 0.2) is 11.5 Å². The van der Waals surface area contributed by atoms with E-state index in [0.29, 0.717) is 67.5 Å². The molecule has 0 spiro atoms. The standard InChI is InChI=1S/C43H46N4O7/c1-3-28-4-6-31(7-5-28)37-24-47(23-29-14-16-51-17-15-29)25-38(41(37)48)43(49)46-34-11-8-30(9-12-34)36-20-33(22-45-42(36)44)32-10-13-39(40(21-32)50-2)54-27-35-26-52-18-19-53-35/h4-13,20-22,24-25,29,35H,3,14-19,23,26-27H2,1-2H3,(H2,44,45)(H,46,49)/t35-/m1/s1. The third-order valence-corrected chi connectivity index (χ3v) is 9.99. The van der Waals surface area contributed by atoms with Crippen LogP contribution in [0.1, 0.15) is 35.7 Å². The van der Waals surface area contributed by atoms with Crippen LogP contribution in [0, 0.1) is 5.92 Å². The Labute approximate surface area is 315 Å². The molecule has 11 nitrogen and oxygen atoms in total. The molecular formula is C43H46N4O7. The van der Waals surface area contributed by atoms with Crippen LogP contribution in [0.2, 0.25) is 0 Å². The Morgan fingerprint density at radius 3 is 2.33 bits per heavy atom. The van der Waals surface area contributed by atoms with Crippen molar-refractivity contribution >= 4 is 17.4 Å². The Balaban J connectivity index is 1.09. The number of carbonyl (C=O) groups is 1. The molecular weight excluding hydrogens is 684 g/mol. The van der Waals surface area contributed by atoms with E-state index in [1.165, 1.54) is 5.56 Å². The highest BCUT2D eigenvalue weighted by molar-refractivity contribution is 6.04. The Morgan fingerprint density at radius 1 is 0.870 bits per heavy atom. The minimum absolute atomic E-state index is 0.0903. The number of rotatable bonds is 12. The van der Waals surface area contributed by atoms with Crippen molar-refractivity contribution in [3.8, 4) is 44.9 Å². The van der Waals surface area contributed by atoms with E-state index in [9.17, 15) is 9.59 Å². The van der Waals surface area contributed by atoms with Gasteiger partial charge in [-0.25, -0.2) is 4.98 Å². The lowest BCUT2D eigenvalue weighted by molar-refractivity contribution is -0.101. The van der Waals surface area contributed by atoms with Gasteiger partial charge in [-0.2, -0.15) is 0 Å². The summed E-state index contributed by atoms with van der Waals surface area (Å²) in [5.41, 5.74) is 12.4. The third-order valence-electron chi connectivity index (χ3n) is 9.99. The number of anilines is 2. The number of aryl methyl sites for hydroxylation is 1. The molecule has 0 bridgehead atoms. The van der Waals surface area contributed by atoms with E-state index in [0.717, 1.165) is 60.3 Å². The summed E-state index contributed by atoms with van der Waals surface area (Å²) < 4.78 is 30.3. The van der Waals surface area contributed by atoms with E-state index in [-0.39, 0.29) is 17.1 Å². The summed E-state index contributed by atoms with van der Waals surface area (Å²) >= 11 is 0. The highest BCUT2D eigenvalue weighted by atomic mass is 16.6. The Morgan fingerprint density at radius 2 is 1.61 bits per heavy atom. The molecule has 7 rings (SSSR count). The molecule has 2 fully saturated rings. The molecule has 11 heteroatoms. The van der Waals surface area contributed by atoms with Gasteiger partial charge in [0.25, 0.3) is 5.91 Å².